The second-order valence-corrected chi connectivity index (χ2v) is 7.24. The second-order valence-electron chi connectivity index (χ2n) is 6.25. The minimum absolute atomic E-state index is 0.191. The number of hydrogen-bond acceptors (Lipinski definition) is 6. The molecule has 0 radical (unpaired) electrons. The summed E-state index contributed by atoms with van der Waals surface area (Å²) in [5, 5.41) is 12.3. The average Bonchev–Trinajstić information content (AvgIpc) is 2.60. The molecular weight excluding hydrogens is 370 g/mol. The fraction of sp³-hybridized carbons (Fsp3) is 0.421. The van der Waals surface area contributed by atoms with Crippen molar-refractivity contribution in [2.24, 2.45) is 0 Å². The predicted octanol–water partition coefficient (Wildman–Crippen LogP) is 2.28. The number of carbonyl (C=O) groups is 2. The lowest BCUT2D eigenvalue weighted by atomic mass is 10.0. The highest BCUT2D eigenvalue weighted by molar-refractivity contribution is 7.98. The maximum atomic E-state index is 12.4. The molecule has 27 heavy (non-hydrogen) atoms. The molecular formula is C19H23NO6S. The number of carbonyl (C=O) groups excluding carboxylic acids is 1. The summed E-state index contributed by atoms with van der Waals surface area (Å²) in [5.41, 5.74) is 1.44. The molecule has 0 aliphatic heterocycles. The molecule has 1 aromatic heterocycles. The van der Waals surface area contributed by atoms with E-state index in [0.29, 0.717) is 34.5 Å². The Morgan fingerprint density at radius 1 is 1.33 bits per heavy atom. The molecule has 0 saturated heterocycles. The van der Waals surface area contributed by atoms with E-state index in [9.17, 15) is 19.5 Å². The van der Waals surface area contributed by atoms with E-state index in [2.05, 4.69) is 5.32 Å². The van der Waals surface area contributed by atoms with Crippen molar-refractivity contribution < 1.29 is 23.8 Å². The minimum atomic E-state index is -1.10. The monoisotopic (exact) mass is 393 g/mol. The Bertz CT molecular complexity index is 921. The molecule has 8 heteroatoms. The smallest absolute Gasteiger partial charge is 0.340 e. The van der Waals surface area contributed by atoms with Crippen molar-refractivity contribution in [1.29, 1.82) is 0 Å². The zero-order valence-electron chi connectivity index (χ0n) is 15.8. The number of carboxylic acid groups (broad SMARTS) is 1. The van der Waals surface area contributed by atoms with Crippen LogP contribution in [0.3, 0.4) is 0 Å². The van der Waals surface area contributed by atoms with Crippen LogP contribution >= 0.6 is 11.8 Å². The first-order chi connectivity index (χ1) is 12.8. The lowest BCUT2D eigenvalue weighted by molar-refractivity contribution is -0.141. The summed E-state index contributed by atoms with van der Waals surface area (Å²) in [5.74, 6) is -0.484. The Morgan fingerprint density at radius 3 is 2.63 bits per heavy atom. The maximum absolute atomic E-state index is 12.4. The van der Waals surface area contributed by atoms with Gasteiger partial charge in [-0.3, -0.25) is 4.79 Å². The van der Waals surface area contributed by atoms with E-state index < -0.39 is 23.5 Å². The molecule has 1 heterocycles. The van der Waals surface area contributed by atoms with Gasteiger partial charge in [-0.15, -0.1) is 0 Å². The van der Waals surface area contributed by atoms with E-state index in [-0.39, 0.29) is 12.0 Å². The molecule has 2 N–H and O–H groups in total. The van der Waals surface area contributed by atoms with Gasteiger partial charge in [0.2, 0.25) is 5.91 Å². The van der Waals surface area contributed by atoms with Gasteiger partial charge in [-0.05, 0) is 55.5 Å². The molecule has 1 amide bonds. The van der Waals surface area contributed by atoms with E-state index in [4.69, 9.17) is 9.15 Å². The number of aryl methyl sites for hydroxylation is 2. The van der Waals surface area contributed by atoms with Crippen LogP contribution in [-0.4, -0.2) is 42.1 Å². The molecule has 146 valence electrons. The first kappa shape index (κ1) is 20.8. The summed E-state index contributed by atoms with van der Waals surface area (Å²) >= 11 is 1.50. The fourth-order valence-corrected chi connectivity index (χ4v) is 3.37. The van der Waals surface area contributed by atoms with E-state index >= 15 is 0 Å². The fourth-order valence-electron chi connectivity index (χ4n) is 2.90. The molecule has 1 aromatic carbocycles. The molecule has 0 saturated carbocycles. The second kappa shape index (κ2) is 8.94. The molecule has 0 aliphatic carbocycles. The summed E-state index contributed by atoms with van der Waals surface area (Å²) in [6, 6.07) is 2.57. The van der Waals surface area contributed by atoms with Crippen molar-refractivity contribution in [1.82, 2.24) is 5.32 Å². The molecule has 2 aromatic rings. The molecule has 0 fully saturated rings. The van der Waals surface area contributed by atoms with Gasteiger partial charge in [0.15, 0.2) is 0 Å². The van der Waals surface area contributed by atoms with Gasteiger partial charge in [-0.2, -0.15) is 11.8 Å². The average molecular weight is 393 g/mol. The van der Waals surface area contributed by atoms with Crippen LogP contribution in [0.4, 0.5) is 0 Å². The highest BCUT2D eigenvalue weighted by Gasteiger charge is 2.22. The highest BCUT2D eigenvalue weighted by Crippen LogP contribution is 2.30. The first-order valence-corrected chi connectivity index (χ1v) is 9.79. The van der Waals surface area contributed by atoms with Gasteiger partial charge in [0, 0.05) is 0 Å². The van der Waals surface area contributed by atoms with Gasteiger partial charge < -0.3 is 19.6 Å². The van der Waals surface area contributed by atoms with Crippen molar-refractivity contribution in [3.63, 3.8) is 0 Å². The van der Waals surface area contributed by atoms with Crippen molar-refractivity contribution in [3.05, 3.63) is 39.2 Å². The number of thioether (sulfide) groups is 1. The summed E-state index contributed by atoms with van der Waals surface area (Å²) in [4.78, 5) is 36.0. The molecule has 7 nitrogen and oxygen atoms in total. The van der Waals surface area contributed by atoms with Gasteiger partial charge >= 0.3 is 11.6 Å². The molecule has 2 rings (SSSR count). The molecule has 0 bridgehead atoms. The van der Waals surface area contributed by atoms with Crippen LogP contribution in [0.2, 0.25) is 0 Å². The van der Waals surface area contributed by atoms with E-state index in [1.165, 1.54) is 18.9 Å². The van der Waals surface area contributed by atoms with Crippen LogP contribution in [0.25, 0.3) is 11.0 Å². The molecule has 1 unspecified atom stereocenters. The number of nitrogens with one attached hydrogen (secondary N) is 1. The zero-order chi connectivity index (χ0) is 20.1. The number of amides is 1. The summed E-state index contributed by atoms with van der Waals surface area (Å²) < 4.78 is 10.8. The zero-order valence-corrected chi connectivity index (χ0v) is 16.6. The predicted molar refractivity (Wildman–Crippen MR) is 105 cm³/mol. The quantitative estimate of drug-likeness (QED) is 0.663. The normalized spacial score (nSPS) is 12.0. The van der Waals surface area contributed by atoms with Crippen molar-refractivity contribution >= 4 is 34.6 Å². The number of rotatable bonds is 8. The van der Waals surface area contributed by atoms with E-state index in [1.807, 2.05) is 19.2 Å². The third-order valence-corrected chi connectivity index (χ3v) is 4.93. The van der Waals surface area contributed by atoms with Gasteiger partial charge in [0.05, 0.1) is 24.5 Å². The van der Waals surface area contributed by atoms with E-state index in [1.54, 1.807) is 13.0 Å². The third kappa shape index (κ3) is 4.82. The van der Waals surface area contributed by atoms with Crippen LogP contribution in [0.1, 0.15) is 23.1 Å². The number of benzene rings is 1. The van der Waals surface area contributed by atoms with Gasteiger partial charge in [0.1, 0.15) is 17.4 Å². The Hall–Kier alpha value is -2.48. The Balaban J connectivity index is 2.35. The number of carboxylic acids is 1. The van der Waals surface area contributed by atoms with Crippen LogP contribution in [0.15, 0.2) is 21.3 Å². The number of methoxy groups -OCH3 is 1. The Labute approximate surface area is 161 Å². The standard InChI is InChI=1S/C19H23NO6S/c1-10-7-14(25-3)17-11(2)12(19(24)26-15(17)8-10)9-16(21)20-13(18(22)23)5-6-27-4/h7-8,13H,5-6,9H2,1-4H3,(H,20,21)(H,22,23). The SMILES string of the molecule is COc1cc(C)cc2oc(=O)c(CC(=O)NC(CCSC)C(=O)O)c(C)c12. The largest absolute Gasteiger partial charge is 0.496 e. The molecule has 0 spiro atoms. The van der Waals surface area contributed by atoms with Gasteiger partial charge in [0.25, 0.3) is 0 Å². The summed E-state index contributed by atoms with van der Waals surface area (Å²) in [6.07, 6.45) is 1.91. The topological polar surface area (TPSA) is 106 Å². The van der Waals surface area contributed by atoms with Crippen LogP contribution in [-0.2, 0) is 16.0 Å². The Morgan fingerprint density at radius 2 is 2.04 bits per heavy atom. The van der Waals surface area contributed by atoms with Crippen molar-refractivity contribution in [3.8, 4) is 5.75 Å². The van der Waals surface area contributed by atoms with Gasteiger partial charge in [-0.1, -0.05) is 0 Å². The number of ether oxygens (including phenoxy) is 1. The van der Waals surface area contributed by atoms with Gasteiger partial charge in [-0.25, -0.2) is 9.59 Å². The molecule has 0 aliphatic rings. The third-order valence-electron chi connectivity index (χ3n) is 4.29. The Kier molecular flexibility index (Phi) is 6.90. The van der Waals surface area contributed by atoms with Crippen molar-refractivity contribution in [2.75, 3.05) is 19.1 Å². The first-order valence-electron chi connectivity index (χ1n) is 8.40. The number of hydrogen-bond donors (Lipinski definition) is 2. The summed E-state index contributed by atoms with van der Waals surface area (Å²) in [6.45, 7) is 3.58. The lowest BCUT2D eigenvalue weighted by Crippen LogP contribution is -2.42. The minimum Gasteiger partial charge on any atom is -0.496 e. The van der Waals surface area contributed by atoms with Crippen molar-refractivity contribution in [2.45, 2.75) is 32.7 Å². The molecule has 1 atom stereocenters. The lowest BCUT2D eigenvalue weighted by Gasteiger charge is -2.15. The number of fused-ring (bicyclic) bond motifs is 1. The van der Waals surface area contributed by atoms with E-state index in [0.717, 1.165) is 5.56 Å². The van der Waals surface area contributed by atoms with Crippen LogP contribution in [0.5, 0.6) is 5.75 Å². The maximum Gasteiger partial charge on any atom is 0.340 e. The number of aliphatic carboxylic acids is 1. The van der Waals surface area contributed by atoms with Crippen LogP contribution in [0, 0.1) is 13.8 Å². The summed E-state index contributed by atoms with van der Waals surface area (Å²) in [7, 11) is 1.52. The highest BCUT2D eigenvalue weighted by atomic mass is 32.2. The van der Waals surface area contributed by atoms with Crippen LogP contribution < -0.4 is 15.7 Å².